The number of hydrogen-bond donors (Lipinski definition) is 3. The molecule has 0 saturated carbocycles. The van der Waals surface area contributed by atoms with Gasteiger partial charge in [-0.15, -0.1) is 0 Å². The van der Waals surface area contributed by atoms with E-state index in [1.807, 2.05) is 0 Å². The van der Waals surface area contributed by atoms with Crippen molar-refractivity contribution in [3.05, 3.63) is 53.7 Å². The van der Waals surface area contributed by atoms with E-state index in [0.717, 1.165) is 12.1 Å². The molecule has 0 aliphatic carbocycles. The minimum atomic E-state index is -1.11. The van der Waals surface area contributed by atoms with Crippen LogP contribution < -0.4 is 20.9 Å². The van der Waals surface area contributed by atoms with E-state index in [2.05, 4.69) is 20.9 Å². The number of halogens is 2. The van der Waals surface area contributed by atoms with Crippen LogP contribution in [0.1, 0.15) is 25.3 Å². The van der Waals surface area contributed by atoms with Gasteiger partial charge in [0.2, 0.25) is 11.8 Å². The zero-order chi connectivity index (χ0) is 25.8. The van der Waals surface area contributed by atoms with Crippen molar-refractivity contribution in [2.24, 2.45) is 5.92 Å². The lowest BCUT2D eigenvalue weighted by Crippen LogP contribution is -2.59. The van der Waals surface area contributed by atoms with Crippen LogP contribution in [0.25, 0.3) is 0 Å². The van der Waals surface area contributed by atoms with Crippen molar-refractivity contribution < 1.29 is 27.9 Å². The van der Waals surface area contributed by atoms with E-state index in [0.29, 0.717) is 31.6 Å². The van der Waals surface area contributed by atoms with Crippen molar-refractivity contribution in [3.8, 4) is 0 Å². The van der Waals surface area contributed by atoms with E-state index in [1.54, 1.807) is 26.1 Å². The topological polar surface area (TPSA) is 113 Å². The predicted octanol–water partition coefficient (Wildman–Crippen LogP) is 1.78. The summed E-state index contributed by atoms with van der Waals surface area (Å²) in [5, 5.41) is 8.00. The fourth-order valence-electron chi connectivity index (χ4n) is 4.53. The molecule has 36 heavy (non-hydrogen) atoms. The maximum Gasteiger partial charge on any atom is 0.251 e. The highest BCUT2D eigenvalue weighted by molar-refractivity contribution is 6.09. The van der Waals surface area contributed by atoms with Crippen LogP contribution >= 0.6 is 0 Å². The van der Waals surface area contributed by atoms with Crippen molar-refractivity contribution in [1.82, 2.24) is 15.6 Å². The van der Waals surface area contributed by atoms with Crippen LogP contribution in [0.2, 0.25) is 0 Å². The third-order valence-electron chi connectivity index (χ3n) is 6.70. The standard InChI is InChI=1S/C25H29F2N5O4/c1-14(28-2)23(33)30-20(15-8-11-36-12-9-15)25(35)32-19(13-16-5-4-10-29-22(16)32)24(34)31-21-17(26)6-3-7-18(21)27/h3-7,10,14-15,19-20,28H,8-9,11-13H2,1-2H3,(H,30,33)(H,31,34). The van der Waals surface area contributed by atoms with E-state index in [9.17, 15) is 23.2 Å². The second-order valence-electron chi connectivity index (χ2n) is 8.95. The molecule has 0 spiro atoms. The molecule has 2 aliphatic heterocycles. The van der Waals surface area contributed by atoms with Crippen molar-refractivity contribution in [2.75, 3.05) is 30.5 Å². The Balaban J connectivity index is 1.67. The summed E-state index contributed by atoms with van der Waals surface area (Å²) in [4.78, 5) is 45.7. The van der Waals surface area contributed by atoms with Gasteiger partial charge in [-0.2, -0.15) is 0 Å². The van der Waals surface area contributed by atoms with E-state index >= 15 is 0 Å². The van der Waals surface area contributed by atoms with Crippen LogP contribution in [-0.2, 0) is 25.5 Å². The van der Waals surface area contributed by atoms with Gasteiger partial charge in [-0.25, -0.2) is 13.8 Å². The Labute approximate surface area is 207 Å². The van der Waals surface area contributed by atoms with Gasteiger partial charge in [0.05, 0.1) is 6.04 Å². The molecule has 1 fully saturated rings. The minimum Gasteiger partial charge on any atom is -0.381 e. The average Bonchev–Trinajstić information content (AvgIpc) is 3.28. The number of nitrogens with zero attached hydrogens (tertiary/aromatic N) is 2. The van der Waals surface area contributed by atoms with Crippen molar-refractivity contribution >= 4 is 29.2 Å². The molecule has 2 aromatic rings. The molecule has 1 aromatic carbocycles. The molecule has 9 nitrogen and oxygen atoms in total. The summed E-state index contributed by atoms with van der Waals surface area (Å²) in [5.74, 6) is -3.43. The maximum absolute atomic E-state index is 14.2. The number of rotatable bonds is 7. The smallest absolute Gasteiger partial charge is 0.251 e. The van der Waals surface area contributed by atoms with E-state index < -0.39 is 47.3 Å². The van der Waals surface area contributed by atoms with E-state index in [1.165, 1.54) is 17.2 Å². The molecular formula is C25H29F2N5O4. The number of pyridine rings is 1. The van der Waals surface area contributed by atoms with Gasteiger partial charge in [0, 0.05) is 25.8 Å². The van der Waals surface area contributed by atoms with Gasteiger partial charge in [-0.1, -0.05) is 12.1 Å². The van der Waals surface area contributed by atoms with Gasteiger partial charge in [0.15, 0.2) is 0 Å². The van der Waals surface area contributed by atoms with E-state index in [4.69, 9.17) is 4.74 Å². The third-order valence-corrected chi connectivity index (χ3v) is 6.70. The maximum atomic E-state index is 14.2. The predicted molar refractivity (Wildman–Crippen MR) is 128 cm³/mol. The number of carbonyl (C=O) groups excluding carboxylic acids is 3. The highest BCUT2D eigenvalue weighted by Gasteiger charge is 2.44. The lowest BCUT2D eigenvalue weighted by molar-refractivity contribution is -0.131. The Morgan fingerprint density at radius 2 is 1.81 bits per heavy atom. The molecule has 3 unspecified atom stereocenters. The molecule has 3 heterocycles. The summed E-state index contributed by atoms with van der Waals surface area (Å²) in [6.07, 6.45) is 2.70. The first-order chi connectivity index (χ1) is 17.3. The zero-order valence-corrected chi connectivity index (χ0v) is 20.1. The summed E-state index contributed by atoms with van der Waals surface area (Å²) in [5.41, 5.74) is 0.0524. The van der Waals surface area contributed by atoms with Gasteiger partial charge >= 0.3 is 0 Å². The normalized spacial score (nSPS) is 19.3. The van der Waals surface area contributed by atoms with Crippen LogP contribution in [0.15, 0.2) is 36.5 Å². The largest absolute Gasteiger partial charge is 0.381 e. The SMILES string of the molecule is CNC(C)C(=O)NC(C(=O)N1c2ncccc2CC1C(=O)Nc1c(F)cccc1F)C1CCOCC1. The molecule has 2 aliphatic rings. The van der Waals surface area contributed by atoms with Crippen molar-refractivity contribution in [2.45, 2.75) is 44.3 Å². The fourth-order valence-corrected chi connectivity index (χ4v) is 4.53. The molecular weight excluding hydrogens is 472 g/mol. The third kappa shape index (κ3) is 5.21. The monoisotopic (exact) mass is 501 g/mol. The number of ether oxygens (including phenoxy) is 1. The Morgan fingerprint density at radius 1 is 1.11 bits per heavy atom. The Morgan fingerprint density at radius 3 is 2.47 bits per heavy atom. The summed E-state index contributed by atoms with van der Waals surface area (Å²) in [6, 6.07) is 4.09. The van der Waals surface area contributed by atoms with Crippen molar-refractivity contribution in [3.63, 3.8) is 0 Å². The van der Waals surface area contributed by atoms with Crippen molar-refractivity contribution in [1.29, 1.82) is 0 Å². The second kappa shape index (κ2) is 11.1. The molecule has 3 amide bonds. The molecule has 11 heteroatoms. The zero-order valence-electron chi connectivity index (χ0n) is 20.1. The summed E-state index contributed by atoms with van der Waals surface area (Å²) < 4.78 is 33.9. The second-order valence-corrected chi connectivity index (χ2v) is 8.95. The number of anilines is 2. The van der Waals surface area contributed by atoms with Gasteiger partial charge in [0.1, 0.15) is 35.2 Å². The van der Waals surface area contributed by atoms with Gasteiger partial charge in [0.25, 0.3) is 5.91 Å². The molecule has 0 radical (unpaired) electrons. The number of fused-ring (bicyclic) bond motifs is 1. The molecule has 192 valence electrons. The lowest BCUT2D eigenvalue weighted by Gasteiger charge is -2.35. The first-order valence-corrected chi connectivity index (χ1v) is 11.9. The molecule has 4 rings (SSSR count). The summed E-state index contributed by atoms with van der Waals surface area (Å²) in [6.45, 7) is 2.56. The number of amides is 3. The molecule has 0 bridgehead atoms. The summed E-state index contributed by atoms with van der Waals surface area (Å²) in [7, 11) is 1.64. The van der Waals surface area contributed by atoms with Crippen LogP contribution in [0.3, 0.4) is 0 Å². The minimum absolute atomic E-state index is 0.109. The average molecular weight is 502 g/mol. The highest BCUT2D eigenvalue weighted by Crippen LogP contribution is 2.33. The Kier molecular flexibility index (Phi) is 7.90. The number of para-hydroxylation sites is 1. The number of likely N-dealkylation sites (N-methyl/N-ethyl adjacent to an activating group) is 1. The number of hydrogen-bond acceptors (Lipinski definition) is 6. The quantitative estimate of drug-likeness (QED) is 0.533. The number of aromatic nitrogens is 1. The fraction of sp³-hybridized carbons (Fsp3) is 0.440. The van der Waals surface area contributed by atoms with Gasteiger partial charge in [-0.05, 0) is 56.5 Å². The van der Waals surface area contributed by atoms with Gasteiger partial charge < -0.3 is 20.7 Å². The number of carbonyl (C=O) groups is 3. The van der Waals surface area contributed by atoms with Gasteiger partial charge in [-0.3, -0.25) is 19.3 Å². The highest BCUT2D eigenvalue weighted by atomic mass is 19.1. The van der Waals surface area contributed by atoms with Crippen LogP contribution in [0.5, 0.6) is 0 Å². The van der Waals surface area contributed by atoms with Crippen LogP contribution in [0.4, 0.5) is 20.3 Å². The first kappa shape index (κ1) is 25.6. The number of nitrogens with one attached hydrogen (secondary N) is 3. The molecule has 3 atom stereocenters. The molecule has 1 saturated heterocycles. The first-order valence-electron chi connectivity index (χ1n) is 11.9. The molecule has 1 aromatic heterocycles. The van der Waals surface area contributed by atoms with Crippen LogP contribution in [0, 0.1) is 17.6 Å². The van der Waals surface area contributed by atoms with E-state index in [-0.39, 0.29) is 24.1 Å². The van der Waals surface area contributed by atoms with Crippen LogP contribution in [-0.4, -0.2) is 61.1 Å². The Bertz CT molecular complexity index is 1120. The summed E-state index contributed by atoms with van der Waals surface area (Å²) >= 11 is 0. The molecule has 3 N–H and O–H groups in total. The lowest BCUT2D eigenvalue weighted by atomic mass is 9.90. The Hall–Kier alpha value is -3.44. The number of benzene rings is 1.